The van der Waals surface area contributed by atoms with Crippen LogP contribution in [0.2, 0.25) is 0 Å². The molecule has 1 heterocycles. The summed E-state index contributed by atoms with van der Waals surface area (Å²) in [4.78, 5) is 0. The van der Waals surface area contributed by atoms with E-state index < -0.39 is 0 Å². The van der Waals surface area contributed by atoms with E-state index in [2.05, 4.69) is 24.9 Å². The zero-order chi connectivity index (χ0) is 8.27. The molecule has 0 bridgehead atoms. The first kappa shape index (κ1) is 7.87. The van der Waals surface area contributed by atoms with Gasteiger partial charge in [-0.2, -0.15) is 5.10 Å². The zero-order valence-corrected chi connectivity index (χ0v) is 6.91. The highest BCUT2D eigenvalue weighted by Crippen LogP contribution is 1.99. The van der Waals surface area contributed by atoms with Crippen LogP contribution < -0.4 is 0 Å². The topological polar surface area (TPSA) is 17.8 Å². The lowest BCUT2D eigenvalue weighted by molar-refractivity contribution is 0.483. The van der Waals surface area contributed by atoms with Gasteiger partial charge in [-0.1, -0.05) is 19.8 Å². The Labute approximate surface area is 67.2 Å². The Morgan fingerprint density at radius 1 is 1.73 bits per heavy atom. The van der Waals surface area contributed by atoms with Crippen molar-refractivity contribution in [1.29, 1.82) is 0 Å². The first-order valence-electron chi connectivity index (χ1n) is 3.71. The minimum Gasteiger partial charge on any atom is -0.271 e. The van der Waals surface area contributed by atoms with Gasteiger partial charge in [0.2, 0.25) is 0 Å². The molecule has 0 atom stereocenters. The summed E-state index contributed by atoms with van der Waals surface area (Å²) in [6, 6.07) is 0. The molecule has 0 aliphatic rings. The molecule has 0 aliphatic carbocycles. The van der Waals surface area contributed by atoms with Crippen molar-refractivity contribution in [2.75, 3.05) is 0 Å². The first-order chi connectivity index (χ1) is 5.22. The summed E-state index contributed by atoms with van der Waals surface area (Å²) >= 11 is 0. The van der Waals surface area contributed by atoms with Crippen molar-refractivity contribution in [3.63, 3.8) is 0 Å². The predicted molar refractivity (Wildman–Crippen MR) is 45.0 cm³/mol. The summed E-state index contributed by atoms with van der Waals surface area (Å²) in [6.45, 7) is 5.23. The molecule has 0 aromatic carbocycles. The van der Waals surface area contributed by atoms with Gasteiger partial charge >= 0.3 is 0 Å². The summed E-state index contributed by atoms with van der Waals surface area (Å²) in [5.74, 6) is 3.15. The highest BCUT2D eigenvalue weighted by molar-refractivity contribution is 5.26. The molecule has 0 N–H and O–H groups in total. The monoisotopic (exact) mass is 148 g/mol. The molecule has 11 heavy (non-hydrogen) atoms. The van der Waals surface area contributed by atoms with E-state index in [-0.39, 0.29) is 0 Å². The van der Waals surface area contributed by atoms with Crippen molar-refractivity contribution in [2.45, 2.75) is 20.4 Å². The van der Waals surface area contributed by atoms with Gasteiger partial charge in [0.1, 0.15) is 0 Å². The van der Waals surface area contributed by atoms with Gasteiger partial charge in [-0.05, 0) is 5.92 Å². The van der Waals surface area contributed by atoms with Crippen LogP contribution in [0.1, 0.15) is 19.4 Å². The summed E-state index contributed by atoms with van der Waals surface area (Å²) < 4.78 is 1.87. The Kier molecular flexibility index (Phi) is 2.32. The fourth-order valence-corrected chi connectivity index (χ4v) is 0.912. The largest absolute Gasteiger partial charge is 0.271 e. The maximum Gasteiger partial charge on any atom is 0.0646 e. The molecule has 0 amide bonds. The van der Waals surface area contributed by atoms with E-state index in [1.54, 1.807) is 6.20 Å². The molecule has 0 aliphatic heterocycles. The lowest BCUT2D eigenvalue weighted by Crippen LogP contribution is -2.03. The molecule has 2 nitrogen and oxygen atoms in total. The number of nitrogens with zero attached hydrogens (tertiary/aromatic N) is 2. The number of aromatic nitrogens is 2. The highest BCUT2D eigenvalue weighted by Gasteiger charge is 1.97. The lowest BCUT2D eigenvalue weighted by Gasteiger charge is -2.02. The fraction of sp³-hybridized carbons (Fsp3) is 0.444. The van der Waals surface area contributed by atoms with Gasteiger partial charge in [0, 0.05) is 12.7 Å². The van der Waals surface area contributed by atoms with Crippen LogP contribution in [0.15, 0.2) is 12.4 Å². The minimum atomic E-state index is 0.612. The fourth-order valence-electron chi connectivity index (χ4n) is 0.912. The van der Waals surface area contributed by atoms with Gasteiger partial charge in [0.25, 0.3) is 0 Å². The van der Waals surface area contributed by atoms with Gasteiger partial charge in [0.15, 0.2) is 0 Å². The number of hydrogen-bond acceptors (Lipinski definition) is 1. The molecule has 1 rings (SSSR count). The van der Waals surface area contributed by atoms with E-state index in [0.717, 1.165) is 12.1 Å². The molecule has 2 heteroatoms. The smallest absolute Gasteiger partial charge is 0.0646 e. The average Bonchev–Trinajstić information content (AvgIpc) is 2.34. The van der Waals surface area contributed by atoms with Crippen molar-refractivity contribution >= 4 is 0 Å². The van der Waals surface area contributed by atoms with Crippen LogP contribution in [-0.2, 0) is 6.54 Å². The molecule has 0 saturated carbocycles. The molecule has 0 radical (unpaired) electrons. The Bertz CT molecular complexity index is 265. The van der Waals surface area contributed by atoms with Gasteiger partial charge in [-0.15, -0.1) is 6.42 Å². The van der Waals surface area contributed by atoms with E-state index in [0.29, 0.717) is 5.92 Å². The van der Waals surface area contributed by atoms with Crippen molar-refractivity contribution in [3.8, 4) is 12.3 Å². The van der Waals surface area contributed by atoms with Crippen molar-refractivity contribution < 1.29 is 0 Å². The lowest BCUT2D eigenvalue weighted by atomic mass is 10.2. The van der Waals surface area contributed by atoms with Crippen LogP contribution in [0.25, 0.3) is 0 Å². The van der Waals surface area contributed by atoms with Crippen molar-refractivity contribution in [3.05, 3.63) is 18.0 Å². The Morgan fingerprint density at radius 2 is 2.45 bits per heavy atom. The Balaban J connectivity index is 2.67. The van der Waals surface area contributed by atoms with Crippen molar-refractivity contribution in [2.24, 2.45) is 5.92 Å². The number of hydrogen-bond donors (Lipinski definition) is 0. The first-order valence-corrected chi connectivity index (χ1v) is 3.71. The van der Waals surface area contributed by atoms with Crippen LogP contribution in [-0.4, -0.2) is 9.78 Å². The summed E-state index contributed by atoms with van der Waals surface area (Å²) in [7, 11) is 0. The summed E-state index contributed by atoms with van der Waals surface area (Å²) in [6.07, 6.45) is 8.79. The normalized spacial score (nSPS) is 10.0. The predicted octanol–water partition coefficient (Wildman–Crippen LogP) is 1.52. The third-order valence-corrected chi connectivity index (χ3v) is 1.35. The SMILES string of the molecule is C#Cc1cnn(CC(C)C)c1. The third-order valence-electron chi connectivity index (χ3n) is 1.35. The molecule has 58 valence electrons. The van der Waals surface area contributed by atoms with Crippen LogP contribution in [0.3, 0.4) is 0 Å². The van der Waals surface area contributed by atoms with E-state index in [1.807, 2.05) is 10.9 Å². The molecular formula is C9H12N2. The summed E-state index contributed by atoms with van der Waals surface area (Å²) in [5, 5.41) is 4.10. The molecule has 1 aromatic heterocycles. The van der Waals surface area contributed by atoms with Gasteiger partial charge < -0.3 is 0 Å². The second kappa shape index (κ2) is 3.25. The standard InChI is InChI=1S/C9H12N2/c1-4-9-5-10-11(7-9)6-8(2)3/h1,5,7-8H,6H2,2-3H3. The maximum absolute atomic E-state index is 5.19. The quantitative estimate of drug-likeness (QED) is 0.581. The zero-order valence-electron chi connectivity index (χ0n) is 6.91. The minimum absolute atomic E-state index is 0.612. The molecule has 0 saturated heterocycles. The van der Waals surface area contributed by atoms with Crippen LogP contribution in [0, 0.1) is 18.3 Å². The van der Waals surface area contributed by atoms with Crippen molar-refractivity contribution in [1.82, 2.24) is 9.78 Å². The van der Waals surface area contributed by atoms with E-state index in [9.17, 15) is 0 Å². The molecule has 1 aromatic rings. The number of terminal acetylenes is 1. The maximum atomic E-state index is 5.19. The Hall–Kier alpha value is -1.23. The molecule has 0 unspecified atom stereocenters. The van der Waals surface area contributed by atoms with Gasteiger partial charge in [-0.25, -0.2) is 0 Å². The van der Waals surface area contributed by atoms with Crippen LogP contribution in [0.4, 0.5) is 0 Å². The second-order valence-corrected chi connectivity index (χ2v) is 2.99. The molecule has 0 spiro atoms. The third kappa shape index (κ3) is 2.12. The van der Waals surface area contributed by atoms with Gasteiger partial charge in [0.05, 0.1) is 11.8 Å². The van der Waals surface area contributed by atoms with Crippen LogP contribution >= 0.6 is 0 Å². The van der Waals surface area contributed by atoms with E-state index >= 15 is 0 Å². The molecular weight excluding hydrogens is 136 g/mol. The van der Waals surface area contributed by atoms with Crippen LogP contribution in [0.5, 0.6) is 0 Å². The highest BCUT2D eigenvalue weighted by atomic mass is 15.3. The number of rotatable bonds is 2. The van der Waals surface area contributed by atoms with E-state index in [4.69, 9.17) is 6.42 Å². The second-order valence-electron chi connectivity index (χ2n) is 2.99. The van der Waals surface area contributed by atoms with Gasteiger partial charge in [-0.3, -0.25) is 4.68 Å². The average molecular weight is 148 g/mol. The Morgan fingerprint density at radius 3 is 2.91 bits per heavy atom. The molecule has 0 fully saturated rings. The van der Waals surface area contributed by atoms with E-state index in [1.165, 1.54) is 0 Å². The summed E-state index contributed by atoms with van der Waals surface area (Å²) in [5.41, 5.74) is 0.852.